The lowest BCUT2D eigenvalue weighted by molar-refractivity contribution is -0.124. The third-order valence-electron chi connectivity index (χ3n) is 5.01. The minimum absolute atomic E-state index is 0.00896. The summed E-state index contributed by atoms with van der Waals surface area (Å²) in [4.78, 5) is 12.2. The van der Waals surface area contributed by atoms with E-state index in [9.17, 15) is 4.79 Å². The maximum Gasteiger partial charge on any atom is 0.258 e. The fourth-order valence-electron chi connectivity index (χ4n) is 3.57. The highest BCUT2D eigenvalue weighted by Gasteiger charge is 2.28. The van der Waals surface area contributed by atoms with Gasteiger partial charge < -0.3 is 10.1 Å². The van der Waals surface area contributed by atoms with E-state index in [0.29, 0.717) is 17.9 Å². The minimum atomic E-state index is -0.00896. The summed E-state index contributed by atoms with van der Waals surface area (Å²) in [5.41, 5.74) is 3.40. The van der Waals surface area contributed by atoms with Gasteiger partial charge in [0.2, 0.25) is 0 Å². The number of ether oxygens (including phenoxy) is 1. The molecule has 0 heterocycles. The van der Waals surface area contributed by atoms with E-state index in [1.807, 2.05) is 13.8 Å². The lowest BCUT2D eigenvalue weighted by atomic mass is 9.78. The Hall–Kier alpha value is -1.51. The summed E-state index contributed by atoms with van der Waals surface area (Å²) in [7, 11) is 0. The first-order valence-corrected chi connectivity index (χ1v) is 8.38. The minimum Gasteiger partial charge on any atom is -0.483 e. The van der Waals surface area contributed by atoms with Gasteiger partial charge in [-0.05, 0) is 50.2 Å². The first-order chi connectivity index (χ1) is 10.4. The zero-order valence-electron chi connectivity index (χ0n) is 14.5. The van der Waals surface area contributed by atoms with Crippen molar-refractivity contribution in [2.75, 3.05) is 6.61 Å². The molecule has 0 saturated heterocycles. The second-order valence-electron chi connectivity index (χ2n) is 6.96. The molecule has 1 aromatic carbocycles. The molecular weight excluding hydrogens is 274 g/mol. The lowest BCUT2D eigenvalue weighted by Gasteiger charge is -2.34. The summed E-state index contributed by atoms with van der Waals surface area (Å²) in [6.45, 7) is 10.7. The summed E-state index contributed by atoms with van der Waals surface area (Å²) in [5.74, 6) is 2.05. The van der Waals surface area contributed by atoms with Gasteiger partial charge in [0.1, 0.15) is 5.75 Å². The van der Waals surface area contributed by atoms with Crippen LogP contribution < -0.4 is 10.1 Å². The van der Waals surface area contributed by atoms with Gasteiger partial charge in [-0.1, -0.05) is 44.4 Å². The van der Waals surface area contributed by atoms with Crippen LogP contribution in [-0.2, 0) is 4.79 Å². The van der Waals surface area contributed by atoms with E-state index < -0.39 is 0 Å². The van der Waals surface area contributed by atoms with Crippen LogP contribution >= 0.6 is 0 Å². The maximum absolute atomic E-state index is 12.2. The van der Waals surface area contributed by atoms with E-state index in [1.54, 1.807) is 0 Å². The largest absolute Gasteiger partial charge is 0.483 e. The van der Waals surface area contributed by atoms with Gasteiger partial charge in [-0.15, -0.1) is 0 Å². The monoisotopic (exact) mass is 303 g/mol. The molecule has 1 saturated carbocycles. The molecule has 3 nitrogen and oxygen atoms in total. The number of aryl methyl sites for hydroxylation is 3. The van der Waals surface area contributed by atoms with Gasteiger partial charge in [0.05, 0.1) is 0 Å². The number of nitrogens with one attached hydrogen (secondary N) is 1. The van der Waals surface area contributed by atoms with Crippen LogP contribution in [-0.4, -0.2) is 18.6 Å². The summed E-state index contributed by atoms with van der Waals surface area (Å²) >= 11 is 0. The van der Waals surface area contributed by atoms with Gasteiger partial charge in [-0.2, -0.15) is 0 Å². The molecule has 1 aliphatic carbocycles. The highest BCUT2D eigenvalue weighted by molar-refractivity contribution is 5.78. The van der Waals surface area contributed by atoms with Gasteiger partial charge in [-0.25, -0.2) is 0 Å². The predicted octanol–water partition coefficient (Wildman–Crippen LogP) is 3.93. The van der Waals surface area contributed by atoms with E-state index in [-0.39, 0.29) is 12.5 Å². The smallest absolute Gasteiger partial charge is 0.258 e. The number of rotatable bonds is 4. The standard InChI is InChI=1S/C19H29NO2/c1-12-9-14(3)19(15(4)10-12)22-11-18(21)20-17-8-6-7-13(2)16(17)5/h9-10,13,16-17H,6-8,11H2,1-5H3,(H,20,21)/t13-,16+,17+/m0/s1. The number of hydrogen-bond donors (Lipinski definition) is 1. The lowest BCUT2D eigenvalue weighted by Crippen LogP contribution is -2.45. The van der Waals surface area contributed by atoms with Crippen LogP contribution in [0.1, 0.15) is 49.8 Å². The summed E-state index contributed by atoms with van der Waals surface area (Å²) in [6, 6.07) is 4.47. The molecular formula is C19H29NO2. The number of carbonyl (C=O) groups excluding carboxylic acids is 1. The fourth-order valence-corrected chi connectivity index (χ4v) is 3.57. The molecule has 1 N–H and O–H groups in total. The van der Waals surface area contributed by atoms with Crippen LogP contribution in [0.15, 0.2) is 12.1 Å². The van der Waals surface area contributed by atoms with Gasteiger partial charge in [0.15, 0.2) is 6.61 Å². The van der Waals surface area contributed by atoms with Crippen molar-refractivity contribution in [1.82, 2.24) is 5.32 Å². The molecule has 0 spiro atoms. The molecule has 0 aromatic heterocycles. The Labute approximate surface area is 134 Å². The second kappa shape index (κ2) is 7.17. The van der Waals surface area contributed by atoms with Crippen molar-refractivity contribution in [3.05, 3.63) is 28.8 Å². The molecule has 0 radical (unpaired) electrons. The van der Waals surface area contributed by atoms with Crippen molar-refractivity contribution >= 4 is 5.91 Å². The van der Waals surface area contributed by atoms with Crippen molar-refractivity contribution in [3.8, 4) is 5.75 Å². The summed E-state index contributed by atoms with van der Waals surface area (Å²) in [6.07, 6.45) is 3.55. The molecule has 0 aliphatic heterocycles. The number of carbonyl (C=O) groups is 1. The van der Waals surface area contributed by atoms with Crippen molar-refractivity contribution < 1.29 is 9.53 Å². The van der Waals surface area contributed by atoms with Gasteiger partial charge >= 0.3 is 0 Å². The van der Waals surface area contributed by atoms with E-state index in [1.165, 1.54) is 18.4 Å². The van der Waals surface area contributed by atoms with Gasteiger partial charge in [0, 0.05) is 6.04 Å². The van der Waals surface area contributed by atoms with Crippen LogP contribution in [0.2, 0.25) is 0 Å². The fraction of sp³-hybridized carbons (Fsp3) is 0.632. The highest BCUT2D eigenvalue weighted by atomic mass is 16.5. The Morgan fingerprint density at radius 3 is 2.45 bits per heavy atom. The average Bonchev–Trinajstić information content (AvgIpc) is 2.42. The van der Waals surface area contributed by atoms with Crippen LogP contribution in [0.3, 0.4) is 0 Å². The molecule has 3 heteroatoms. The zero-order valence-corrected chi connectivity index (χ0v) is 14.5. The van der Waals surface area contributed by atoms with Crippen molar-refractivity contribution in [1.29, 1.82) is 0 Å². The van der Waals surface area contributed by atoms with E-state index in [2.05, 4.69) is 38.2 Å². The molecule has 1 aliphatic rings. The average molecular weight is 303 g/mol. The Kier molecular flexibility index (Phi) is 5.49. The number of benzene rings is 1. The predicted molar refractivity (Wildman–Crippen MR) is 90.3 cm³/mol. The normalized spacial score (nSPS) is 24.9. The maximum atomic E-state index is 12.2. The third kappa shape index (κ3) is 4.02. The van der Waals surface area contributed by atoms with Crippen LogP contribution in [0.25, 0.3) is 0 Å². The van der Waals surface area contributed by atoms with E-state index >= 15 is 0 Å². The molecule has 2 rings (SSSR count). The highest BCUT2D eigenvalue weighted by Crippen LogP contribution is 2.29. The van der Waals surface area contributed by atoms with Gasteiger partial charge in [-0.3, -0.25) is 4.79 Å². The first-order valence-electron chi connectivity index (χ1n) is 8.38. The number of amides is 1. The molecule has 0 bridgehead atoms. The molecule has 122 valence electrons. The molecule has 3 atom stereocenters. The zero-order chi connectivity index (χ0) is 16.3. The Morgan fingerprint density at radius 1 is 1.18 bits per heavy atom. The molecule has 1 amide bonds. The van der Waals surface area contributed by atoms with Crippen molar-refractivity contribution in [3.63, 3.8) is 0 Å². The third-order valence-corrected chi connectivity index (χ3v) is 5.01. The SMILES string of the molecule is Cc1cc(C)c(OCC(=O)N[C@@H]2CCC[C@H](C)[C@H]2C)c(C)c1. The van der Waals surface area contributed by atoms with Crippen LogP contribution in [0.4, 0.5) is 0 Å². The summed E-state index contributed by atoms with van der Waals surface area (Å²) < 4.78 is 5.78. The van der Waals surface area contributed by atoms with Crippen molar-refractivity contribution in [2.45, 2.75) is 59.9 Å². The van der Waals surface area contributed by atoms with Crippen molar-refractivity contribution in [2.24, 2.45) is 11.8 Å². The quantitative estimate of drug-likeness (QED) is 0.915. The molecule has 1 aromatic rings. The molecule has 1 fully saturated rings. The van der Waals surface area contributed by atoms with Crippen LogP contribution in [0.5, 0.6) is 5.75 Å². The Balaban J connectivity index is 1.91. The molecule has 0 unspecified atom stereocenters. The summed E-state index contributed by atoms with van der Waals surface area (Å²) in [5, 5.41) is 3.16. The second-order valence-corrected chi connectivity index (χ2v) is 6.96. The Morgan fingerprint density at radius 2 is 1.82 bits per heavy atom. The molecule has 22 heavy (non-hydrogen) atoms. The van der Waals surface area contributed by atoms with E-state index in [4.69, 9.17) is 4.74 Å². The number of hydrogen-bond acceptors (Lipinski definition) is 2. The Bertz CT molecular complexity index is 515. The van der Waals surface area contributed by atoms with E-state index in [0.717, 1.165) is 23.3 Å². The van der Waals surface area contributed by atoms with Crippen LogP contribution in [0, 0.1) is 32.6 Å². The topological polar surface area (TPSA) is 38.3 Å². The van der Waals surface area contributed by atoms with Gasteiger partial charge in [0.25, 0.3) is 5.91 Å². The first kappa shape index (κ1) is 16.9.